The minimum Gasteiger partial charge on any atom is -0.456 e. The Balaban J connectivity index is 3.48. The van der Waals surface area contributed by atoms with Crippen LogP contribution in [0, 0.1) is 11.2 Å². The first-order valence-corrected chi connectivity index (χ1v) is 4.09. The van der Waals surface area contributed by atoms with Gasteiger partial charge in [0.2, 0.25) is 0 Å². The molecule has 0 aromatic heterocycles. The van der Waals surface area contributed by atoms with Gasteiger partial charge in [0.05, 0.1) is 6.61 Å². The van der Waals surface area contributed by atoms with Gasteiger partial charge in [-0.25, -0.2) is 4.79 Å². The van der Waals surface area contributed by atoms with Crippen LogP contribution in [0.4, 0.5) is 0 Å². The Hall–Kier alpha value is -0.620. The van der Waals surface area contributed by atoms with Crippen molar-refractivity contribution in [3.05, 3.63) is 0 Å². The Bertz CT molecular complexity index is 155. The smallest absolute Gasteiger partial charge is 0.385 e. The molecular weight excluding hydrogens is 148 g/mol. The predicted molar refractivity (Wildman–Crippen MR) is 42.5 cm³/mol. The van der Waals surface area contributed by atoms with Crippen LogP contribution in [-0.2, 0) is 9.53 Å². The Morgan fingerprint density at radius 2 is 2.30 bits per heavy atom. The third-order valence-electron chi connectivity index (χ3n) is 0.645. The molecule has 0 fully saturated rings. The van der Waals surface area contributed by atoms with Gasteiger partial charge < -0.3 is 4.74 Å². The number of carbonyl (C=O) groups is 1. The van der Waals surface area contributed by atoms with E-state index in [2.05, 4.69) is 15.9 Å². The van der Waals surface area contributed by atoms with Gasteiger partial charge in [-0.1, -0.05) is 18.7 Å². The highest BCUT2D eigenvalue weighted by Crippen LogP contribution is 1.92. The van der Waals surface area contributed by atoms with Crippen LogP contribution in [0.25, 0.3) is 0 Å². The SMILES string of the molecule is CCOC(=O)C#CSCC. The summed E-state index contributed by atoms with van der Waals surface area (Å²) in [6, 6.07) is 0. The lowest BCUT2D eigenvalue weighted by atomic mass is 10.7. The van der Waals surface area contributed by atoms with Gasteiger partial charge >= 0.3 is 5.97 Å². The minimum absolute atomic E-state index is 0.393. The topological polar surface area (TPSA) is 26.3 Å². The summed E-state index contributed by atoms with van der Waals surface area (Å²) in [5.74, 6) is 2.79. The quantitative estimate of drug-likeness (QED) is 0.447. The van der Waals surface area contributed by atoms with E-state index >= 15 is 0 Å². The molecule has 0 aliphatic carbocycles. The first-order chi connectivity index (χ1) is 4.81. The minimum atomic E-state index is -0.441. The van der Waals surface area contributed by atoms with E-state index in [1.54, 1.807) is 6.92 Å². The zero-order valence-corrected chi connectivity index (χ0v) is 6.96. The number of thioether (sulfide) groups is 1. The third-order valence-corrected chi connectivity index (χ3v) is 1.18. The molecule has 0 aliphatic rings. The third kappa shape index (κ3) is 5.52. The van der Waals surface area contributed by atoms with Crippen molar-refractivity contribution in [2.45, 2.75) is 13.8 Å². The van der Waals surface area contributed by atoms with E-state index in [-0.39, 0.29) is 0 Å². The molecule has 0 unspecified atom stereocenters. The molecule has 0 atom stereocenters. The van der Waals surface area contributed by atoms with Crippen molar-refractivity contribution in [1.29, 1.82) is 0 Å². The fraction of sp³-hybridized carbons (Fsp3) is 0.571. The second kappa shape index (κ2) is 6.50. The number of esters is 1. The van der Waals surface area contributed by atoms with Gasteiger partial charge in [0.1, 0.15) is 0 Å². The lowest BCUT2D eigenvalue weighted by molar-refractivity contribution is -0.136. The zero-order valence-electron chi connectivity index (χ0n) is 6.14. The molecule has 0 aliphatic heterocycles. The molecule has 56 valence electrons. The molecule has 0 rings (SSSR count). The van der Waals surface area contributed by atoms with E-state index < -0.39 is 5.97 Å². The Kier molecular flexibility index (Phi) is 6.10. The van der Waals surface area contributed by atoms with Gasteiger partial charge in [-0.2, -0.15) is 0 Å². The number of rotatable bonds is 2. The Labute approximate surface area is 65.3 Å². The van der Waals surface area contributed by atoms with Crippen molar-refractivity contribution >= 4 is 17.7 Å². The van der Waals surface area contributed by atoms with E-state index in [9.17, 15) is 4.79 Å². The number of carbonyl (C=O) groups excluding carboxylic acids is 1. The zero-order chi connectivity index (χ0) is 7.82. The summed E-state index contributed by atoms with van der Waals surface area (Å²) in [5.41, 5.74) is 0. The fourth-order valence-corrected chi connectivity index (χ4v) is 0.617. The van der Waals surface area contributed by atoms with Crippen molar-refractivity contribution in [3.63, 3.8) is 0 Å². The van der Waals surface area contributed by atoms with E-state index in [1.165, 1.54) is 11.8 Å². The van der Waals surface area contributed by atoms with E-state index in [4.69, 9.17) is 0 Å². The lowest BCUT2D eigenvalue weighted by Crippen LogP contribution is -1.98. The van der Waals surface area contributed by atoms with Crippen LogP contribution in [-0.4, -0.2) is 18.3 Å². The summed E-state index contributed by atoms with van der Waals surface area (Å²) < 4.78 is 4.56. The molecule has 0 saturated carbocycles. The monoisotopic (exact) mass is 158 g/mol. The van der Waals surface area contributed by atoms with E-state index in [0.717, 1.165) is 5.75 Å². The number of hydrogen-bond donors (Lipinski definition) is 0. The highest BCUT2D eigenvalue weighted by atomic mass is 32.2. The fourth-order valence-electron chi connectivity index (χ4n) is 0.317. The molecule has 2 nitrogen and oxygen atoms in total. The molecule has 0 aromatic rings. The highest BCUT2D eigenvalue weighted by Gasteiger charge is 1.90. The summed E-state index contributed by atoms with van der Waals surface area (Å²) in [4.78, 5) is 10.5. The number of ether oxygens (including phenoxy) is 1. The van der Waals surface area contributed by atoms with Crippen LogP contribution < -0.4 is 0 Å². The molecule has 0 saturated heterocycles. The van der Waals surface area contributed by atoms with Crippen LogP contribution in [0.2, 0.25) is 0 Å². The summed E-state index contributed by atoms with van der Waals surface area (Å²) in [6.45, 7) is 4.13. The number of hydrogen-bond acceptors (Lipinski definition) is 3. The van der Waals surface area contributed by atoms with Crippen LogP contribution in [0.1, 0.15) is 13.8 Å². The first-order valence-electron chi connectivity index (χ1n) is 3.10. The van der Waals surface area contributed by atoms with Gasteiger partial charge in [0, 0.05) is 11.7 Å². The Morgan fingerprint density at radius 3 is 2.80 bits per heavy atom. The summed E-state index contributed by atoms with van der Waals surface area (Å²) >= 11 is 1.40. The average Bonchev–Trinajstić information content (AvgIpc) is 1.89. The molecule has 0 spiro atoms. The van der Waals surface area contributed by atoms with Gasteiger partial charge in [0.15, 0.2) is 0 Å². The molecule has 0 aromatic carbocycles. The second-order valence-corrected chi connectivity index (χ2v) is 2.45. The molecular formula is C7H10O2S. The van der Waals surface area contributed by atoms with Gasteiger partial charge in [-0.3, -0.25) is 0 Å². The summed E-state index contributed by atoms with van der Waals surface area (Å²) in [6.07, 6.45) is 0. The molecule has 0 amide bonds. The normalized spacial score (nSPS) is 7.80. The Morgan fingerprint density at radius 1 is 1.60 bits per heavy atom. The average molecular weight is 158 g/mol. The molecule has 0 N–H and O–H groups in total. The van der Waals surface area contributed by atoms with Crippen molar-refractivity contribution in [2.75, 3.05) is 12.4 Å². The van der Waals surface area contributed by atoms with E-state index in [1.807, 2.05) is 6.92 Å². The maximum atomic E-state index is 10.5. The molecule has 10 heavy (non-hydrogen) atoms. The maximum absolute atomic E-state index is 10.5. The van der Waals surface area contributed by atoms with Crippen molar-refractivity contribution in [2.24, 2.45) is 0 Å². The first kappa shape index (κ1) is 9.38. The van der Waals surface area contributed by atoms with Gasteiger partial charge in [0.25, 0.3) is 0 Å². The van der Waals surface area contributed by atoms with Crippen molar-refractivity contribution in [3.8, 4) is 11.2 Å². The van der Waals surface area contributed by atoms with Crippen molar-refractivity contribution < 1.29 is 9.53 Å². The van der Waals surface area contributed by atoms with Crippen LogP contribution in [0.3, 0.4) is 0 Å². The van der Waals surface area contributed by atoms with Crippen LogP contribution >= 0.6 is 11.8 Å². The maximum Gasteiger partial charge on any atom is 0.385 e. The van der Waals surface area contributed by atoms with Gasteiger partial charge in [-0.15, -0.1) is 0 Å². The molecule has 0 radical (unpaired) electrons. The van der Waals surface area contributed by atoms with Crippen LogP contribution in [0.5, 0.6) is 0 Å². The second-order valence-electron chi connectivity index (χ2n) is 1.38. The summed E-state index contributed by atoms with van der Waals surface area (Å²) in [7, 11) is 0. The summed E-state index contributed by atoms with van der Waals surface area (Å²) in [5, 5.41) is 2.61. The largest absolute Gasteiger partial charge is 0.456 e. The molecule has 0 heterocycles. The van der Waals surface area contributed by atoms with Crippen molar-refractivity contribution in [1.82, 2.24) is 0 Å². The molecule has 0 bridgehead atoms. The van der Waals surface area contributed by atoms with Gasteiger partial charge in [-0.05, 0) is 12.2 Å². The molecule has 3 heteroatoms. The van der Waals surface area contributed by atoms with Crippen LogP contribution in [0.15, 0.2) is 0 Å². The van der Waals surface area contributed by atoms with E-state index in [0.29, 0.717) is 6.61 Å². The standard InChI is InChI=1S/C7H10O2S/c1-3-9-7(8)5-6-10-4-2/h3-4H2,1-2H3. The predicted octanol–water partition coefficient (Wildman–Crippen LogP) is 1.26. The lowest BCUT2D eigenvalue weighted by Gasteiger charge is -1.89. The highest BCUT2D eigenvalue weighted by molar-refractivity contribution is 8.03.